The van der Waals surface area contributed by atoms with E-state index in [1.807, 2.05) is 4.90 Å². The van der Waals surface area contributed by atoms with Gasteiger partial charge in [-0.25, -0.2) is 17.6 Å². The third kappa shape index (κ3) is 4.76. The SMILES string of the molecule is C#Cc1c(F)ccc2cccc(-c3ncc4c(N5CC=CC(F)CC5)nc(OC[C@@]56CCCN5C[C@H](F)C6)nc4c3F)c12. The summed E-state index contributed by atoms with van der Waals surface area (Å²) in [7, 11) is 0. The molecule has 2 aromatic carbocycles. The van der Waals surface area contributed by atoms with Crippen LogP contribution in [0.3, 0.4) is 0 Å². The predicted octanol–water partition coefficient (Wildman–Crippen LogP) is 6.16. The van der Waals surface area contributed by atoms with Crippen LogP contribution < -0.4 is 9.64 Å². The van der Waals surface area contributed by atoms with E-state index in [4.69, 9.17) is 11.2 Å². The molecular weight excluding hydrogens is 558 g/mol. The molecule has 3 aliphatic rings. The van der Waals surface area contributed by atoms with Gasteiger partial charge in [-0.05, 0) is 37.3 Å². The monoisotopic (exact) mass is 587 g/mol. The number of nitrogens with zero attached hydrogens (tertiary/aromatic N) is 5. The van der Waals surface area contributed by atoms with Gasteiger partial charge < -0.3 is 9.64 Å². The Balaban J connectivity index is 1.37. The zero-order valence-electron chi connectivity index (χ0n) is 23.4. The molecule has 4 aromatic rings. The number of anilines is 1. The minimum absolute atomic E-state index is 0.0158. The summed E-state index contributed by atoms with van der Waals surface area (Å²) in [4.78, 5) is 17.6. The van der Waals surface area contributed by atoms with E-state index in [9.17, 15) is 13.2 Å². The van der Waals surface area contributed by atoms with Gasteiger partial charge in [0.05, 0.1) is 16.5 Å². The summed E-state index contributed by atoms with van der Waals surface area (Å²) in [5, 5.41) is 1.34. The molecule has 0 radical (unpaired) electrons. The van der Waals surface area contributed by atoms with E-state index in [1.54, 1.807) is 30.3 Å². The van der Waals surface area contributed by atoms with Gasteiger partial charge in [-0.15, -0.1) is 6.42 Å². The third-order valence-electron chi connectivity index (χ3n) is 8.91. The number of ether oxygens (including phenoxy) is 1. The van der Waals surface area contributed by atoms with Gasteiger partial charge in [-0.1, -0.05) is 42.3 Å². The number of rotatable bonds is 5. The molecule has 7 rings (SSSR count). The highest BCUT2D eigenvalue weighted by Gasteiger charge is 2.49. The molecule has 0 aliphatic carbocycles. The number of benzene rings is 2. The van der Waals surface area contributed by atoms with Crippen LogP contribution in [0.15, 0.2) is 48.7 Å². The first-order valence-corrected chi connectivity index (χ1v) is 14.5. The third-order valence-corrected chi connectivity index (χ3v) is 8.91. The van der Waals surface area contributed by atoms with E-state index in [2.05, 4.69) is 25.8 Å². The number of terminal acetylenes is 1. The molecular formula is C33H29F4N5O. The first-order chi connectivity index (χ1) is 20.9. The second kappa shape index (κ2) is 10.8. The van der Waals surface area contributed by atoms with Crippen molar-refractivity contribution >= 4 is 27.5 Å². The number of pyridine rings is 1. The first kappa shape index (κ1) is 27.6. The predicted molar refractivity (Wildman–Crippen MR) is 158 cm³/mol. The molecule has 3 aliphatic heterocycles. The van der Waals surface area contributed by atoms with Gasteiger partial charge in [0.15, 0.2) is 5.82 Å². The summed E-state index contributed by atoms with van der Waals surface area (Å²) < 4.78 is 66.0. The molecule has 2 fully saturated rings. The van der Waals surface area contributed by atoms with Crippen LogP contribution in [0, 0.1) is 24.0 Å². The number of fused-ring (bicyclic) bond motifs is 3. The Labute approximate surface area is 246 Å². The Morgan fingerprint density at radius 3 is 2.86 bits per heavy atom. The molecule has 0 spiro atoms. The number of hydrogen-bond acceptors (Lipinski definition) is 6. The minimum Gasteiger partial charge on any atom is -0.461 e. The zero-order valence-corrected chi connectivity index (χ0v) is 23.4. The van der Waals surface area contributed by atoms with Crippen LogP contribution in [0.25, 0.3) is 32.9 Å². The quantitative estimate of drug-likeness (QED) is 0.158. The lowest BCUT2D eigenvalue weighted by Gasteiger charge is -2.31. The molecule has 10 heteroatoms. The summed E-state index contributed by atoms with van der Waals surface area (Å²) in [6.45, 7) is 2.02. The Bertz CT molecular complexity index is 1810. The second-order valence-electron chi connectivity index (χ2n) is 11.5. The van der Waals surface area contributed by atoms with Crippen molar-refractivity contribution in [2.45, 2.75) is 43.6 Å². The van der Waals surface area contributed by atoms with E-state index in [0.717, 1.165) is 19.4 Å². The van der Waals surface area contributed by atoms with Gasteiger partial charge in [0, 0.05) is 43.2 Å². The highest BCUT2D eigenvalue weighted by molar-refractivity contribution is 6.02. The van der Waals surface area contributed by atoms with Crippen LogP contribution in [0.1, 0.15) is 31.2 Å². The smallest absolute Gasteiger partial charge is 0.319 e. The summed E-state index contributed by atoms with van der Waals surface area (Å²) in [5.74, 6) is 1.42. The Kier molecular flexibility index (Phi) is 6.93. The molecule has 1 unspecified atom stereocenters. The molecule has 220 valence electrons. The van der Waals surface area contributed by atoms with Gasteiger partial charge in [0.25, 0.3) is 0 Å². The largest absolute Gasteiger partial charge is 0.461 e. The number of alkyl halides is 2. The van der Waals surface area contributed by atoms with Gasteiger partial charge in [-0.3, -0.25) is 9.88 Å². The molecule has 3 atom stereocenters. The Morgan fingerprint density at radius 2 is 2.00 bits per heavy atom. The minimum atomic E-state index is -1.10. The molecule has 0 saturated carbocycles. The topological polar surface area (TPSA) is 54.4 Å². The van der Waals surface area contributed by atoms with E-state index in [0.29, 0.717) is 53.6 Å². The van der Waals surface area contributed by atoms with Crippen LogP contribution in [-0.4, -0.2) is 70.5 Å². The van der Waals surface area contributed by atoms with Crippen LogP contribution in [0.5, 0.6) is 6.01 Å². The van der Waals surface area contributed by atoms with Crippen molar-refractivity contribution in [3.8, 4) is 29.6 Å². The van der Waals surface area contributed by atoms with Crippen LogP contribution >= 0.6 is 0 Å². The molecule has 43 heavy (non-hydrogen) atoms. The van der Waals surface area contributed by atoms with Crippen molar-refractivity contribution in [3.63, 3.8) is 0 Å². The fourth-order valence-corrected chi connectivity index (χ4v) is 6.85. The normalized spacial score (nSPS) is 23.9. The number of halogens is 4. The number of aromatic nitrogens is 3. The van der Waals surface area contributed by atoms with E-state index < -0.39 is 29.5 Å². The van der Waals surface area contributed by atoms with E-state index in [-0.39, 0.29) is 35.8 Å². The molecule has 5 heterocycles. The Morgan fingerprint density at radius 1 is 1.12 bits per heavy atom. The highest BCUT2D eigenvalue weighted by Crippen LogP contribution is 2.41. The molecule has 2 aromatic heterocycles. The summed E-state index contributed by atoms with van der Waals surface area (Å²) >= 11 is 0. The zero-order chi connectivity index (χ0) is 29.7. The van der Waals surface area contributed by atoms with Crippen molar-refractivity contribution in [1.82, 2.24) is 19.9 Å². The average Bonchev–Trinajstić information content (AvgIpc) is 3.44. The van der Waals surface area contributed by atoms with Crippen molar-refractivity contribution in [2.24, 2.45) is 0 Å². The van der Waals surface area contributed by atoms with Crippen molar-refractivity contribution in [1.29, 1.82) is 0 Å². The lowest BCUT2D eigenvalue weighted by Crippen LogP contribution is -2.43. The second-order valence-corrected chi connectivity index (χ2v) is 11.5. The maximum Gasteiger partial charge on any atom is 0.319 e. The lowest BCUT2D eigenvalue weighted by molar-refractivity contribution is 0.107. The van der Waals surface area contributed by atoms with Crippen molar-refractivity contribution < 1.29 is 22.3 Å². The van der Waals surface area contributed by atoms with E-state index >= 15 is 4.39 Å². The molecule has 0 N–H and O–H groups in total. The van der Waals surface area contributed by atoms with Gasteiger partial charge in [0.1, 0.15) is 41.8 Å². The fourth-order valence-electron chi connectivity index (χ4n) is 6.85. The van der Waals surface area contributed by atoms with Crippen LogP contribution in [0.2, 0.25) is 0 Å². The summed E-state index contributed by atoms with van der Waals surface area (Å²) in [5.41, 5.74) is -0.202. The summed E-state index contributed by atoms with van der Waals surface area (Å²) in [6.07, 6.45) is 10.7. The van der Waals surface area contributed by atoms with Crippen LogP contribution in [-0.2, 0) is 0 Å². The van der Waals surface area contributed by atoms with Crippen molar-refractivity contribution in [3.05, 3.63) is 65.9 Å². The van der Waals surface area contributed by atoms with Crippen LogP contribution in [0.4, 0.5) is 23.4 Å². The van der Waals surface area contributed by atoms with Gasteiger partial charge in [-0.2, -0.15) is 9.97 Å². The Hall–Kier alpha value is -4.23. The lowest BCUT2D eigenvalue weighted by atomic mass is 9.95. The van der Waals surface area contributed by atoms with Crippen molar-refractivity contribution in [2.75, 3.05) is 37.7 Å². The standard InChI is InChI=1S/C33H29F4N5O/c1-2-23-26(36)10-9-20-6-3-8-24(27(20)23)29-28(37)30-25(17-38-29)31(41-13-4-7-21(34)11-15-41)40-32(39-30)43-19-33-12-5-14-42(33)18-22(35)16-33/h1,3-4,6-10,17,21-22H,5,11-16,18-19H2/t21?,22-,33+/m1/s1. The number of allylic oxidation sites excluding steroid dienone is 1. The molecule has 6 nitrogen and oxygen atoms in total. The van der Waals surface area contributed by atoms with E-state index in [1.165, 1.54) is 18.3 Å². The highest BCUT2D eigenvalue weighted by atomic mass is 19.1. The number of hydrogen-bond donors (Lipinski definition) is 0. The average molecular weight is 588 g/mol. The molecule has 0 bridgehead atoms. The maximum absolute atomic E-state index is 16.6. The fraction of sp³-hybridized carbons (Fsp3) is 0.364. The van der Waals surface area contributed by atoms with Gasteiger partial charge in [0.2, 0.25) is 0 Å². The summed E-state index contributed by atoms with van der Waals surface area (Å²) in [6, 6.07) is 7.95. The molecule has 0 amide bonds. The molecule has 2 saturated heterocycles. The maximum atomic E-state index is 16.6. The van der Waals surface area contributed by atoms with Gasteiger partial charge >= 0.3 is 6.01 Å². The first-order valence-electron chi connectivity index (χ1n) is 14.5.